The van der Waals surface area contributed by atoms with Crippen LogP contribution in [-0.4, -0.2) is 43.6 Å². The molecule has 134 valence electrons. The number of benzene rings is 1. The van der Waals surface area contributed by atoms with Crippen molar-refractivity contribution in [2.45, 2.75) is 39.7 Å². The van der Waals surface area contributed by atoms with Crippen LogP contribution in [0, 0.1) is 11.7 Å². The van der Waals surface area contributed by atoms with E-state index in [9.17, 15) is 4.39 Å². The van der Waals surface area contributed by atoms with Crippen LogP contribution in [0.2, 0.25) is 0 Å². The molecule has 1 heterocycles. The third kappa shape index (κ3) is 6.48. The maximum absolute atomic E-state index is 12.9. The van der Waals surface area contributed by atoms with Crippen LogP contribution in [0.1, 0.15) is 38.7 Å². The van der Waals surface area contributed by atoms with Crippen LogP contribution in [0.5, 0.6) is 0 Å². The Labute approximate surface area is 145 Å². The minimum absolute atomic E-state index is 0.207. The van der Waals surface area contributed by atoms with E-state index in [0.29, 0.717) is 6.54 Å². The third-order valence-electron chi connectivity index (χ3n) is 4.68. The van der Waals surface area contributed by atoms with Crippen molar-refractivity contribution in [1.29, 1.82) is 0 Å². The number of halogens is 1. The van der Waals surface area contributed by atoms with E-state index in [-0.39, 0.29) is 5.82 Å². The van der Waals surface area contributed by atoms with Gasteiger partial charge in [0.15, 0.2) is 5.96 Å². The summed E-state index contributed by atoms with van der Waals surface area (Å²) >= 11 is 0. The van der Waals surface area contributed by atoms with Crippen molar-refractivity contribution in [3.63, 3.8) is 0 Å². The van der Waals surface area contributed by atoms with E-state index in [4.69, 9.17) is 0 Å². The van der Waals surface area contributed by atoms with Gasteiger partial charge in [-0.05, 0) is 69.4 Å². The number of likely N-dealkylation sites (tertiary alicyclic amines) is 1. The SMILES string of the molecule is CCNC(=NCc1ccc(F)cc1)NCCC1CCN(CC)CC1. The largest absolute Gasteiger partial charge is 0.357 e. The Morgan fingerprint density at radius 1 is 1.17 bits per heavy atom. The maximum Gasteiger partial charge on any atom is 0.191 e. The van der Waals surface area contributed by atoms with E-state index in [1.54, 1.807) is 12.1 Å². The van der Waals surface area contributed by atoms with Gasteiger partial charge in [-0.1, -0.05) is 19.1 Å². The number of nitrogens with one attached hydrogen (secondary N) is 2. The summed E-state index contributed by atoms with van der Waals surface area (Å²) < 4.78 is 12.9. The first-order valence-electron chi connectivity index (χ1n) is 9.20. The van der Waals surface area contributed by atoms with E-state index in [1.807, 2.05) is 0 Å². The molecular formula is C19H31FN4. The summed E-state index contributed by atoms with van der Waals surface area (Å²) in [6.45, 7) is 10.3. The number of nitrogens with zero attached hydrogens (tertiary/aromatic N) is 2. The van der Waals surface area contributed by atoms with Crippen LogP contribution in [0.25, 0.3) is 0 Å². The van der Waals surface area contributed by atoms with Crippen molar-refractivity contribution in [3.8, 4) is 0 Å². The van der Waals surface area contributed by atoms with Gasteiger partial charge in [-0.3, -0.25) is 0 Å². The summed E-state index contributed by atoms with van der Waals surface area (Å²) in [6, 6.07) is 6.52. The molecule has 0 spiro atoms. The first kappa shape index (κ1) is 18.7. The molecule has 1 aromatic rings. The van der Waals surface area contributed by atoms with Crippen molar-refractivity contribution in [2.24, 2.45) is 10.9 Å². The first-order valence-corrected chi connectivity index (χ1v) is 9.20. The Balaban J connectivity index is 1.74. The summed E-state index contributed by atoms with van der Waals surface area (Å²) in [7, 11) is 0. The van der Waals surface area contributed by atoms with Gasteiger partial charge in [0, 0.05) is 13.1 Å². The highest BCUT2D eigenvalue weighted by atomic mass is 19.1. The minimum atomic E-state index is -0.207. The molecule has 24 heavy (non-hydrogen) atoms. The van der Waals surface area contributed by atoms with Crippen molar-refractivity contribution < 1.29 is 4.39 Å². The fraction of sp³-hybridized carbons (Fsp3) is 0.632. The third-order valence-corrected chi connectivity index (χ3v) is 4.68. The van der Waals surface area contributed by atoms with Gasteiger partial charge in [0.1, 0.15) is 5.82 Å². The second-order valence-electron chi connectivity index (χ2n) is 6.41. The molecule has 0 unspecified atom stereocenters. The Morgan fingerprint density at radius 2 is 1.88 bits per heavy atom. The van der Waals surface area contributed by atoms with Gasteiger partial charge in [-0.15, -0.1) is 0 Å². The van der Waals surface area contributed by atoms with E-state index >= 15 is 0 Å². The lowest BCUT2D eigenvalue weighted by Gasteiger charge is -2.31. The monoisotopic (exact) mass is 334 g/mol. The Hall–Kier alpha value is -1.62. The number of guanidine groups is 1. The molecule has 1 aliphatic heterocycles. The topological polar surface area (TPSA) is 39.7 Å². The van der Waals surface area contributed by atoms with Crippen molar-refractivity contribution in [3.05, 3.63) is 35.6 Å². The average Bonchev–Trinajstić information content (AvgIpc) is 2.61. The quantitative estimate of drug-likeness (QED) is 0.595. The Kier molecular flexibility index (Phi) is 8.02. The van der Waals surface area contributed by atoms with E-state index in [1.165, 1.54) is 51.0 Å². The zero-order chi connectivity index (χ0) is 17.2. The molecule has 0 bridgehead atoms. The van der Waals surface area contributed by atoms with Crippen LogP contribution in [0.15, 0.2) is 29.3 Å². The average molecular weight is 334 g/mol. The van der Waals surface area contributed by atoms with Crippen LogP contribution in [-0.2, 0) is 6.54 Å². The molecule has 5 heteroatoms. The first-order chi connectivity index (χ1) is 11.7. The van der Waals surface area contributed by atoms with Crippen molar-refractivity contribution >= 4 is 5.96 Å². The summed E-state index contributed by atoms with van der Waals surface area (Å²) in [6.07, 6.45) is 3.80. The highest BCUT2D eigenvalue weighted by Gasteiger charge is 2.17. The predicted molar refractivity (Wildman–Crippen MR) is 98.7 cm³/mol. The number of aliphatic imine (C=N–C) groups is 1. The molecule has 0 atom stereocenters. The second kappa shape index (κ2) is 10.3. The van der Waals surface area contributed by atoms with Crippen LogP contribution in [0.4, 0.5) is 4.39 Å². The van der Waals surface area contributed by atoms with Gasteiger partial charge >= 0.3 is 0 Å². The van der Waals surface area contributed by atoms with E-state index in [0.717, 1.165) is 30.5 Å². The second-order valence-corrected chi connectivity index (χ2v) is 6.41. The lowest BCUT2D eigenvalue weighted by atomic mass is 9.93. The summed E-state index contributed by atoms with van der Waals surface area (Å²) in [4.78, 5) is 7.11. The Morgan fingerprint density at radius 3 is 2.50 bits per heavy atom. The number of hydrogen-bond donors (Lipinski definition) is 2. The zero-order valence-electron chi connectivity index (χ0n) is 15.0. The fourth-order valence-corrected chi connectivity index (χ4v) is 3.09. The van der Waals surface area contributed by atoms with E-state index in [2.05, 4.69) is 34.4 Å². The van der Waals surface area contributed by atoms with Gasteiger partial charge in [-0.25, -0.2) is 9.38 Å². The predicted octanol–water partition coefficient (Wildman–Crippen LogP) is 3.00. The fourth-order valence-electron chi connectivity index (χ4n) is 3.09. The number of piperidine rings is 1. The molecular weight excluding hydrogens is 303 g/mol. The van der Waals surface area contributed by atoms with Crippen molar-refractivity contribution in [1.82, 2.24) is 15.5 Å². The lowest BCUT2D eigenvalue weighted by molar-refractivity contribution is 0.187. The summed E-state index contributed by atoms with van der Waals surface area (Å²) in [5, 5.41) is 6.70. The zero-order valence-corrected chi connectivity index (χ0v) is 15.0. The normalized spacial score (nSPS) is 17.0. The van der Waals surface area contributed by atoms with Gasteiger partial charge < -0.3 is 15.5 Å². The molecule has 1 aliphatic rings. The highest BCUT2D eigenvalue weighted by molar-refractivity contribution is 5.79. The molecule has 0 saturated carbocycles. The smallest absolute Gasteiger partial charge is 0.191 e. The maximum atomic E-state index is 12.9. The van der Waals surface area contributed by atoms with Crippen LogP contribution in [0.3, 0.4) is 0 Å². The molecule has 1 fully saturated rings. The molecule has 0 amide bonds. The van der Waals surface area contributed by atoms with Gasteiger partial charge in [0.25, 0.3) is 0 Å². The minimum Gasteiger partial charge on any atom is -0.357 e. The highest BCUT2D eigenvalue weighted by Crippen LogP contribution is 2.19. The standard InChI is InChI=1S/C19H31FN4/c1-3-21-19(23-15-17-5-7-18(20)8-6-17)22-12-9-16-10-13-24(4-2)14-11-16/h5-8,16H,3-4,9-15H2,1-2H3,(H2,21,22,23). The van der Waals surface area contributed by atoms with Crippen LogP contribution < -0.4 is 10.6 Å². The van der Waals surface area contributed by atoms with Gasteiger partial charge in [-0.2, -0.15) is 0 Å². The molecule has 4 nitrogen and oxygen atoms in total. The molecule has 1 aromatic carbocycles. The van der Waals surface area contributed by atoms with Crippen molar-refractivity contribution in [2.75, 3.05) is 32.7 Å². The molecule has 2 rings (SSSR count). The van der Waals surface area contributed by atoms with Gasteiger partial charge in [0.2, 0.25) is 0 Å². The molecule has 0 aliphatic carbocycles. The molecule has 1 saturated heterocycles. The molecule has 2 N–H and O–H groups in total. The lowest BCUT2D eigenvalue weighted by Crippen LogP contribution is -2.39. The summed E-state index contributed by atoms with van der Waals surface area (Å²) in [5.74, 6) is 1.45. The number of hydrogen-bond acceptors (Lipinski definition) is 2. The summed E-state index contributed by atoms with van der Waals surface area (Å²) in [5.41, 5.74) is 1.01. The van der Waals surface area contributed by atoms with Crippen LogP contribution >= 0.6 is 0 Å². The molecule has 0 radical (unpaired) electrons. The Bertz CT molecular complexity index is 493. The van der Waals surface area contributed by atoms with E-state index < -0.39 is 0 Å². The number of rotatable bonds is 7. The van der Waals surface area contributed by atoms with Gasteiger partial charge in [0.05, 0.1) is 6.54 Å². The molecule has 0 aromatic heterocycles.